The van der Waals surface area contributed by atoms with Gasteiger partial charge in [-0.2, -0.15) is 0 Å². The number of carboxylic acid groups (broad SMARTS) is 1. The lowest BCUT2D eigenvalue weighted by molar-refractivity contribution is -0.140. The Hall–Kier alpha value is -0.710. The molecule has 0 aromatic carbocycles. The third-order valence-corrected chi connectivity index (χ3v) is 3.72. The molecule has 0 radical (unpaired) electrons. The standard InChI is InChI=1S/C10H17NO3S/c1-6(10(13)14)5-15-7(2)9(12)11-8-3-4-8/h6-8H,3-5H2,1-2H3,(H,11,12)(H,13,14). The maximum Gasteiger partial charge on any atom is 0.307 e. The van der Waals surface area contributed by atoms with E-state index in [0.29, 0.717) is 11.8 Å². The van der Waals surface area contributed by atoms with Gasteiger partial charge in [-0.25, -0.2) is 0 Å². The molecule has 0 aromatic rings. The van der Waals surface area contributed by atoms with Crippen molar-refractivity contribution in [1.29, 1.82) is 0 Å². The lowest BCUT2D eigenvalue weighted by Crippen LogP contribution is -2.33. The summed E-state index contributed by atoms with van der Waals surface area (Å²) in [6.07, 6.45) is 2.16. The number of nitrogens with one attached hydrogen (secondary N) is 1. The SMILES string of the molecule is CC(CSC(C)C(=O)NC1CC1)C(=O)O. The summed E-state index contributed by atoms with van der Waals surface area (Å²) in [6.45, 7) is 3.47. The summed E-state index contributed by atoms with van der Waals surface area (Å²) < 4.78 is 0. The first-order chi connectivity index (χ1) is 7.00. The Morgan fingerprint density at radius 3 is 2.53 bits per heavy atom. The van der Waals surface area contributed by atoms with E-state index < -0.39 is 11.9 Å². The van der Waals surface area contributed by atoms with Gasteiger partial charge in [-0.05, 0) is 19.8 Å². The number of rotatable bonds is 6. The largest absolute Gasteiger partial charge is 0.481 e. The summed E-state index contributed by atoms with van der Waals surface area (Å²) >= 11 is 1.40. The highest BCUT2D eigenvalue weighted by Crippen LogP contribution is 2.21. The maximum absolute atomic E-state index is 11.5. The molecule has 1 aliphatic carbocycles. The molecule has 2 atom stereocenters. The van der Waals surface area contributed by atoms with Crippen molar-refractivity contribution in [1.82, 2.24) is 5.32 Å². The number of amides is 1. The fourth-order valence-corrected chi connectivity index (χ4v) is 1.92. The molecular formula is C10H17NO3S. The van der Waals surface area contributed by atoms with Crippen LogP contribution in [0.4, 0.5) is 0 Å². The molecule has 15 heavy (non-hydrogen) atoms. The highest BCUT2D eigenvalue weighted by Gasteiger charge is 2.26. The zero-order valence-corrected chi connectivity index (χ0v) is 9.84. The molecule has 0 heterocycles. The van der Waals surface area contributed by atoms with E-state index in [2.05, 4.69) is 5.32 Å². The van der Waals surface area contributed by atoms with Crippen LogP contribution in [-0.2, 0) is 9.59 Å². The van der Waals surface area contributed by atoms with Crippen molar-refractivity contribution >= 4 is 23.6 Å². The van der Waals surface area contributed by atoms with Crippen LogP contribution in [0.3, 0.4) is 0 Å². The monoisotopic (exact) mass is 231 g/mol. The molecule has 2 N–H and O–H groups in total. The van der Waals surface area contributed by atoms with Crippen molar-refractivity contribution in [2.75, 3.05) is 5.75 Å². The van der Waals surface area contributed by atoms with Crippen LogP contribution in [0.1, 0.15) is 26.7 Å². The van der Waals surface area contributed by atoms with Gasteiger partial charge in [0.2, 0.25) is 5.91 Å². The average molecular weight is 231 g/mol. The number of hydrogen-bond acceptors (Lipinski definition) is 3. The van der Waals surface area contributed by atoms with Gasteiger partial charge in [-0.3, -0.25) is 9.59 Å². The summed E-state index contributed by atoms with van der Waals surface area (Å²) in [5, 5.41) is 11.4. The molecule has 4 nitrogen and oxygen atoms in total. The zero-order valence-electron chi connectivity index (χ0n) is 9.03. The number of carboxylic acids is 1. The number of aliphatic carboxylic acids is 1. The lowest BCUT2D eigenvalue weighted by atomic mass is 10.2. The Labute approximate surface area is 93.8 Å². The number of thioether (sulfide) groups is 1. The molecule has 5 heteroatoms. The van der Waals surface area contributed by atoms with E-state index in [1.807, 2.05) is 6.92 Å². The topological polar surface area (TPSA) is 66.4 Å². The predicted octanol–water partition coefficient (Wildman–Crippen LogP) is 1.11. The molecule has 1 fully saturated rings. The average Bonchev–Trinajstić information content (AvgIpc) is 2.96. The Balaban J connectivity index is 2.18. The van der Waals surface area contributed by atoms with Crippen LogP contribution >= 0.6 is 11.8 Å². The number of carbonyl (C=O) groups is 2. The van der Waals surface area contributed by atoms with Crippen LogP contribution in [0.5, 0.6) is 0 Å². The fourth-order valence-electron chi connectivity index (χ4n) is 0.982. The van der Waals surface area contributed by atoms with Gasteiger partial charge in [-0.1, -0.05) is 6.92 Å². The van der Waals surface area contributed by atoms with Gasteiger partial charge in [0.1, 0.15) is 0 Å². The first kappa shape index (κ1) is 12.4. The zero-order chi connectivity index (χ0) is 11.4. The second-order valence-electron chi connectivity index (χ2n) is 4.00. The highest BCUT2D eigenvalue weighted by molar-refractivity contribution is 8.00. The van der Waals surface area contributed by atoms with Crippen molar-refractivity contribution in [3.63, 3.8) is 0 Å². The molecule has 0 aromatic heterocycles. The molecule has 0 bridgehead atoms. The maximum atomic E-state index is 11.5. The van der Waals surface area contributed by atoms with Gasteiger partial charge in [0, 0.05) is 11.8 Å². The summed E-state index contributed by atoms with van der Waals surface area (Å²) in [5.41, 5.74) is 0. The summed E-state index contributed by atoms with van der Waals surface area (Å²) in [6, 6.07) is 0.373. The summed E-state index contributed by atoms with van der Waals surface area (Å²) in [5.74, 6) is -0.697. The van der Waals surface area contributed by atoms with E-state index in [1.54, 1.807) is 6.92 Å². The third kappa shape index (κ3) is 4.55. The molecule has 86 valence electrons. The van der Waals surface area contributed by atoms with Gasteiger partial charge in [0.05, 0.1) is 11.2 Å². The molecule has 1 amide bonds. The van der Waals surface area contributed by atoms with Crippen LogP contribution in [0.2, 0.25) is 0 Å². The first-order valence-electron chi connectivity index (χ1n) is 5.15. The Morgan fingerprint density at radius 1 is 1.47 bits per heavy atom. The smallest absolute Gasteiger partial charge is 0.307 e. The van der Waals surface area contributed by atoms with E-state index in [1.165, 1.54) is 11.8 Å². The van der Waals surface area contributed by atoms with Crippen LogP contribution < -0.4 is 5.32 Å². The predicted molar refractivity (Wildman–Crippen MR) is 59.9 cm³/mol. The Morgan fingerprint density at radius 2 is 2.07 bits per heavy atom. The Kier molecular flexibility index (Phi) is 4.45. The minimum Gasteiger partial charge on any atom is -0.481 e. The quantitative estimate of drug-likeness (QED) is 0.718. The molecule has 1 rings (SSSR count). The minimum atomic E-state index is -0.808. The first-order valence-corrected chi connectivity index (χ1v) is 6.20. The Bertz CT molecular complexity index is 253. The molecule has 1 saturated carbocycles. The van der Waals surface area contributed by atoms with E-state index in [0.717, 1.165) is 12.8 Å². The van der Waals surface area contributed by atoms with Crippen LogP contribution in [-0.4, -0.2) is 34.0 Å². The van der Waals surface area contributed by atoms with E-state index in [9.17, 15) is 9.59 Å². The van der Waals surface area contributed by atoms with E-state index in [-0.39, 0.29) is 11.2 Å². The van der Waals surface area contributed by atoms with E-state index in [4.69, 9.17) is 5.11 Å². The number of carbonyl (C=O) groups excluding carboxylic acids is 1. The highest BCUT2D eigenvalue weighted by atomic mass is 32.2. The third-order valence-electron chi connectivity index (χ3n) is 2.31. The fraction of sp³-hybridized carbons (Fsp3) is 0.800. The van der Waals surface area contributed by atoms with Crippen LogP contribution in [0.25, 0.3) is 0 Å². The molecule has 0 spiro atoms. The summed E-state index contributed by atoms with van der Waals surface area (Å²) in [7, 11) is 0. The van der Waals surface area contributed by atoms with Crippen molar-refractivity contribution in [2.45, 2.75) is 38.0 Å². The van der Waals surface area contributed by atoms with Crippen molar-refractivity contribution in [3.8, 4) is 0 Å². The van der Waals surface area contributed by atoms with Crippen molar-refractivity contribution in [2.24, 2.45) is 5.92 Å². The second-order valence-corrected chi connectivity index (χ2v) is 5.37. The van der Waals surface area contributed by atoms with Gasteiger partial charge >= 0.3 is 5.97 Å². The van der Waals surface area contributed by atoms with Gasteiger partial charge in [-0.15, -0.1) is 11.8 Å². The van der Waals surface area contributed by atoms with Crippen LogP contribution in [0.15, 0.2) is 0 Å². The normalized spacial score (nSPS) is 19.3. The van der Waals surface area contributed by atoms with Gasteiger partial charge < -0.3 is 10.4 Å². The van der Waals surface area contributed by atoms with Crippen LogP contribution in [0, 0.1) is 5.92 Å². The van der Waals surface area contributed by atoms with Crippen molar-refractivity contribution < 1.29 is 14.7 Å². The molecular weight excluding hydrogens is 214 g/mol. The van der Waals surface area contributed by atoms with Gasteiger partial charge in [0.25, 0.3) is 0 Å². The minimum absolute atomic E-state index is 0.0279. The van der Waals surface area contributed by atoms with Gasteiger partial charge in [0.15, 0.2) is 0 Å². The molecule has 1 aliphatic rings. The molecule has 0 saturated heterocycles. The number of hydrogen-bond donors (Lipinski definition) is 2. The summed E-state index contributed by atoms with van der Waals surface area (Å²) in [4.78, 5) is 22.1. The molecule has 2 unspecified atom stereocenters. The van der Waals surface area contributed by atoms with E-state index >= 15 is 0 Å². The van der Waals surface area contributed by atoms with Crippen molar-refractivity contribution in [3.05, 3.63) is 0 Å². The lowest BCUT2D eigenvalue weighted by Gasteiger charge is -2.12. The molecule has 0 aliphatic heterocycles. The second kappa shape index (κ2) is 5.39.